The first-order valence-electron chi connectivity index (χ1n) is 14.0. The fraction of sp³-hybridized carbons (Fsp3) is 0.469. The van der Waals surface area contributed by atoms with Gasteiger partial charge in [-0.15, -0.1) is 0 Å². The Labute approximate surface area is 236 Å². The standard InChI is InChI=1S/C32H39ClN2O4/c1-38-17-5-4-15-31(37,32(26-13-14-27(34)20-26)21-35(22-36)16-18-39-32)28-9-6-10-29(33)30(28)25-12-11-23-7-2-3-8-24(23)19-25/h2-3,6-12,19,22,26-27,37H,4-5,13-18,20-21,34H2,1H3/t26-,27+,31-,32+/m1/s1. The van der Waals surface area contributed by atoms with Crippen molar-refractivity contribution >= 4 is 28.8 Å². The Kier molecular flexibility index (Phi) is 8.60. The van der Waals surface area contributed by atoms with E-state index in [0.717, 1.165) is 66.0 Å². The maximum atomic E-state index is 13.2. The van der Waals surface area contributed by atoms with Crippen LogP contribution in [0.15, 0.2) is 60.7 Å². The Hall–Kier alpha value is -2.48. The van der Waals surface area contributed by atoms with Crippen molar-refractivity contribution in [1.29, 1.82) is 0 Å². The topological polar surface area (TPSA) is 85.0 Å². The van der Waals surface area contributed by atoms with Gasteiger partial charge in [0, 0.05) is 36.9 Å². The number of ether oxygens (including phenoxy) is 2. The molecule has 7 heteroatoms. The van der Waals surface area contributed by atoms with E-state index in [4.69, 9.17) is 26.8 Å². The molecule has 6 nitrogen and oxygen atoms in total. The zero-order chi connectivity index (χ0) is 27.5. The second-order valence-corrected chi connectivity index (χ2v) is 11.5. The first kappa shape index (κ1) is 28.1. The molecule has 208 valence electrons. The predicted molar refractivity (Wildman–Crippen MR) is 156 cm³/mol. The molecule has 3 aromatic rings. The molecule has 3 aromatic carbocycles. The lowest BCUT2D eigenvalue weighted by molar-refractivity contribution is -0.246. The molecular weight excluding hydrogens is 512 g/mol. The van der Waals surface area contributed by atoms with Crippen LogP contribution in [0.5, 0.6) is 0 Å². The molecule has 1 amide bonds. The summed E-state index contributed by atoms with van der Waals surface area (Å²) in [6.07, 6.45) is 5.26. The van der Waals surface area contributed by atoms with E-state index in [1.54, 1.807) is 12.0 Å². The van der Waals surface area contributed by atoms with Crippen LogP contribution in [0.1, 0.15) is 44.1 Å². The number of methoxy groups -OCH3 is 1. The molecule has 0 bridgehead atoms. The summed E-state index contributed by atoms with van der Waals surface area (Å²) in [5.41, 5.74) is 6.43. The molecule has 5 rings (SSSR count). The maximum absolute atomic E-state index is 13.2. The van der Waals surface area contributed by atoms with Crippen LogP contribution >= 0.6 is 11.6 Å². The zero-order valence-corrected chi connectivity index (χ0v) is 23.4. The van der Waals surface area contributed by atoms with Crippen molar-refractivity contribution < 1.29 is 19.4 Å². The van der Waals surface area contributed by atoms with Crippen molar-refractivity contribution in [1.82, 2.24) is 4.90 Å². The molecule has 1 aliphatic carbocycles. The number of carbonyl (C=O) groups is 1. The van der Waals surface area contributed by atoms with Crippen molar-refractivity contribution in [3.05, 3.63) is 71.2 Å². The van der Waals surface area contributed by atoms with Gasteiger partial charge in [0.15, 0.2) is 0 Å². The number of benzene rings is 3. The third-order valence-corrected chi connectivity index (χ3v) is 9.11. The Balaban J connectivity index is 1.71. The van der Waals surface area contributed by atoms with Crippen LogP contribution in [0.3, 0.4) is 0 Å². The summed E-state index contributed by atoms with van der Waals surface area (Å²) in [7, 11) is 1.69. The molecule has 0 unspecified atom stereocenters. The lowest BCUT2D eigenvalue weighted by Crippen LogP contribution is -2.66. The van der Waals surface area contributed by atoms with Crippen LogP contribution in [0.2, 0.25) is 5.02 Å². The maximum Gasteiger partial charge on any atom is 0.209 e. The van der Waals surface area contributed by atoms with Gasteiger partial charge in [-0.1, -0.05) is 60.1 Å². The van der Waals surface area contributed by atoms with Gasteiger partial charge >= 0.3 is 0 Å². The highest BCUT2D eigenvalue weighted by Crippen LogP contribution is 2.53. The minimum atomic E-state index is -1.43. The van der Waals surface area contributed by atoms with Crippen molar-refractivity contribution in [2.75, 3.05) is 33.4 Å². The quantitative estimate of drug-likeness (QED) is 0.256. The van der Waals surface area contributed by atoms with E-state index >= 15 is 0 Å². The third kappa shape index (κ3) is 5.33. The number of morpholine rings is 1. The molecule has 3 N–H and O–H groups in total. The summed E-state index contributed by atoms with van der Waals surface area (Å²) in [4.78, 5) is 13.8. The van der Waals surface area contributed by atoms with Gasteiger partial charge < -0.3 is 25.2 Å². The Morgan fingerprint density at radius 2 is 1.97 bits per heavy atom. The first-order chi connectivity index (χ1) is 18.9. The third-order valence-electron chi connectivity index (χ3n) is 8.79. The molecule has 1 aliphatic heterocycles. The van der Waals surface area contributed by atoms with E-state index in [0.29, 0.717) is 37.7 Å². The highest BCUT2D eigenvalue weighted by Gasteiger charge is 2.60. The number of amides is 1. The fourth-order valence-corrected chi connectivity index (χ4v) is 7.13. The minimum Gasteiger partial charge on any atom is -0.385 e. The number of fused-ring (bicyclic) bond motifs is 1. The number of nitrogens with two attached hydrogens (primary N) is 1. The molecular formula is C32H39ClN2O4. The summed E-state index contributed by atoms with van der Waals surface area (Å²) in [5, 5.41) is 16.0. The van der Waals surface area contributed by atoms with E-state index in [-0.39, 0.29) is 12.0 Å². The van der Waals surface area contributed by atoms with Crippen molar-refractivity contribution in [2.24, 2.45) is 11.7 Å². The van der Waals surface area contributed by atoms with Crippen molar-refractivity contribution in [2.45, 2.75) is 55.8 Å². The summed E-state index contributed by atoms with van der Waals surface area (Å²) in [6, 6.07) is 20.3. The molecule has 2 aliphatic rings. The van der Waals surface area contributed by atoms with E-state index in [1.165, 1.54) is 0 Å². The number of unbranched alkanes of at least 4 members (excludes halogenated alkanes) is 1. The molecule has 0 spiro atoms. The predicted octanol–water partition coefficient (Wildman–Crippen LogP) is 5.52. The van der Waals surface area contributed by atoms with Gasteiger partial charge in [0.25, 0.3) is 0 Å². The zero-order valence-electron chi connectivity index (χ0n) is 22.7. The largest absolute Gasteiger partial charge is 0.385 e. The molecule has 1 saturated carbocycles. The molecule has 4 atom stereocenters. The average molecular weight is 551 g/mol. The van der Waals surface area contributed by atoms with Crippen LogP contribution in [-0.4, -0.2) is 61.5 Å². The molecule has 1 heterocycles. The van der Waals surface area contributed by atoms with Crippen LogP contribution in [0.4, 0.5) is 0 Å². The second kappa shape index (κ2) is 11.9. The summed E-state index contributed by atoms with van der Waals surface area (Å²) in [5.74, 6) is -0.00823. The lowest BCUT2D eigenvalue weighted by atomic mass is 9.65. The van der Waals surface area contributed by atoms with Gasteiger partial charge in [0.1, 0.15) is 11.2 Å². The van der Waals surface area contributed by atoms with Crippen LogP contribution in [-0.2, 0) is 19.9 Å². The number of nitrogens with zero attached hydrogens (tertiary/aromatic N) is 1. The average Bonchev–Trinajstić information content (AvgIpc) is 3.41. The van der Waals surface area contributed by atoms with E-state index in [1.807, 2.05) is 30.3 Å². The van der Waals surface area contributed by atoms with Gasteiger partial charge in [-0.05, 0) is 78.5 Å². The molecule has 0 aromatic heterocycles. The number of rotatable bonds is 10. The summed E-state index contributed by atoms with van der Waals surface area (Å²) >= 11 is 6.97. The monoisotopic (exact) mass is 550 g/mol. The van der Waals surface area contributed by atoms with Crippen LogP contribution < -0.4 is 5.73 Å². The Morgan fingerprint density at radius 1 is 1.15 bits per heavy atom. The van der Waals surface area contributed by atoms with Gasteiger partial charge in [0.05, 0.1) is 13.2 Å². The van der Waals surface area contributed by atoms with Crippen molar-refractivity contribution in [3.63, 3.8) is 0 Å². The highest BCUT2D eigenvalue weighted by molar-refractivity contribution is 6.33. The molecule has 39 heavy (non-hydrogen) atoms. The number of halogens is 1. The van der Waals surface area contributed by atoms with Gasteiger partial charge in [-0.25, -0.2) is 0 Å². The van der Waals surface area contributed by atoms with E-state index < -0.39 is 11.2 Å². The van der Waals surface area contributed by atoms with Crippen LogP contribution in [0, 0.1) is 5.92 Å². The second-order valence-electron chi connectivity index (χ2n) is 11.1. The van der Waals surface area contributed by atoms with Gasteiger partial charge in [-0.3, -0.25) is 4.79 Å². The Bertz CT molecular complexity index is 1300. The normalized spacial score (nSPS) is 25.1. The van der Waals surface area contributed by atoms with E-state index in [9.17, 15) is 9.90 Å². The number of hydrogen-bond acceptors (Lipinski definition) is 5. The molecule has 2 fully saturated rings. The minimum absolute atomic E-state index is 0.00823. The van der Waals surface area contributed by atoms with Crippen LogP contribution in [0.25, 0.3) is 21.9 Å². The number of aliphatic hydroxyl groups is 1. The first-order valence-corrected chi connectivity index (χ1v) is 14.4. The summed E-state index contributed by atoms with van der Waals surface area (Å²) in [6.45, 7) is 1.76. The molecule has 0 radical (unpaired) electrons. The highest BCUT2D eigenvalue weighted by atomic mass is 35.5. The van der Waals surface area contributed by atoms with Gasteiger partial charge in [-0.2, -0.15) is 0 Å². The number of hydrogen-bond donors (Lipinski definition) is 2. The van der Waals surface area contributed by atoms with Gasteiger partial charge in [0.2, 0.25) is 6.41 Å². The summed E-state index contributed by atoms with van der Waals surface area (Å²) < 4.78 is 12.1. The van der Waals surface area contributed by atoms with Crippen molar-refractivity contribution in [3.8, 4) is 11.1 Å². The smallest absolute Gasteiger partial charge is 0.209 e. The lowest BCUT2D eigenvalue weighted by Gasteiger charge is -2.55. The Morgan fingerprint density at radius 3 is 2.72 bits per heavy atom. The number of carbonyl (C=O) groups excluding carboxylic acids is 1. The van der Waals surface area contributed by atoms with E-state index in [2.05, 4.69) is 30.3 Å². The SMILES string of the molecule is COCCCC[C@@](O)(c1cccc(Cl)c1-c1ccc2ccccc2c1)[C@@]1([C@@H]2CC[C@H](N)C2)CN(C=O)CCO1. The molecule has 1 saturated heterocycles. The fourth-order valence-electron chi connectivity index (χ4n) is 6.84.